The molecule has 0 fully saturated rings. The van der Waals surface area contributed by atoms with Gasteiger partial charge < -0.3 is 14.3 Å². The Kier molecular flexibility index (Phi) is 5.13. The van der Waals surface area contributed by atoms with E-state index in [9.17, 15) is 4.79 Å². The maximum atomic E-state index is 12.7. The zero-order valence-corrected chi connectivity index (χ0v) is 16.1. The highest BCUT2D eigenvalue weighted by Crippen LogP contribution is 2.21. The number of aromatic nitrogens is 1. The highest BCUT2D eigenvalue weighted by molar-refractivity contribution is 9.10. The molecule has 3 aromatic rings. The third-order valence-electron chi connectivity index (χ3n) is 4.41. The number of rotatable bonds is 5. The fourth-order valence-electron chi connectivity index (χ4n) is 2.97. The SMILES string of the molecule is Cc1cc(C(=O)N[C@@H](C)c2cccc(Br)c2)c(C)n1Cc1ccco1. The Morgan fingerprint density at radius 1 is 1.24 bits per heavy atom. The van der Waals surface area contributed by atoms with Crippen molar-refractivity contribution in [1.82, 2.24) is 9.88 Å². The summed E-state index contributed by atoms with van der Waals surface area (Å²) < 4.78 is 8.52. The van der Waals surface area contributed by atoms with Crippen LogP contribution in [0.5, 0.6) is 0 Å². The first-order valence-electron chi connectivity index (χ1n) is 8.21. The van der Waals surface area contributed by atoms with Gasteiger partial charge in [-0.2, -0.15) is 0 Å². The Morgan fingerprint density at radius 3 is 2.72 bits per heavy atom. The van der Waals surface area contributed by atoms with E-state index in [1.165, 1.54) is 0 Å². The number of benzene rings is 1. The molecule has 1 aromatic carbocycles. The van der Waals surface area contributed by atoms with Gasteiger partial charge in [0.15, 0.2) is 0 Å². The number of furan rings is 1. The number of amides is 1. The smallest absolute Gasteiger partial charge is 0.253 e. The van der Waals surface area contributed by atoms with E-state index in [1.807, 2.05) is 63.2 Å². The summed E-state index contributed by atoms with van der Waals surface area (Å²) in [6, 6.07) is 13.6. The average molecular weight is 401 g/mol. The van der Waals surface area contributed by atoms with Gasteiger partial charge in [-0.3, -0.25) is 4.79 Å². The summed E-state index contributed by atoms with van der Waals surface area (Å²) in [5, 5.41) is 3.08. The minimum Gasteiger partial charge on any atom is -0.467 e. The van der Waals surface area contributed by atoms with Crippen LogP contribution in [0.15, 0.2) is 57.6 Å². The summed E-state index contributed by atoms with van der Waals surface area (Å²) in [6.45, 7) is 6.58. The molecule has 0 aliphatic heterocycles. The van der Waals surface area contributed by atoms with Crippen LogP contribution in [0.3, 0.4) is 0 Å². The fourth-order valence-corrected chi connectivity index (χ4v) is 3.38. The summed E-state index contributed by atoms with van der Waals surface area (Å²) >= 11 is 3.47. The van der Waals surface area contributed by atoms with Gasteiger partial charge in [0.25, 0.3) is 5.91 Å². The number of hydrogen-bond acceptors (Lipinski definition) is 2. The molecule has 0 spiro atoms. The van der Waals surface area contributed by atoms with Gasteiger partial charge in [-0.05, 0) is 56.7 Å². The van der Waals surface area contributed by atoms with Crippen LogP contribution in [0.2, 0.25) is 0 Å². The molecule has 3 rings (SSSR count). The Balaban J connectivity index is 1.78. The molecule has 130 valence electrons. The summed E-state index contributed by atoms with van der Waals surface area (Å²) in [5.41, 5.74) is 3.74. The largest absolute Gasteiger partial charge is 0.467 e. The van der Waals surface area contributed by atoms with Crippen molar-refractivity contribution in [3.8, 4) is 0 Å². The molecule has 5 heteroatoms. The molecule has 0 aliphatic rings. The van der Waals surface area contributed by atoms with E-state index in [4.69, 9.17) is 4.42 Å². The molecule has 0 saturated heterocycles. The third-order valence-corrected chi connectivity index (χ3v) is 4.90. The predicted octanol–water partition coefficient (Wildman–Crippen LogP) is 5.00. The van der Waals surface area contributed by atoms with Crippen molar-refractivity contribution in [3.63, 3.8) is 0 Å². The zero-order chi connectivity index (χ0) is 18.0. The number of carbonyl (C=O) groups excluding carboxylic acids is 1. The number of carbonyl (C=O) groups is 1. The molecule has 0 bridgehead atoms. The number of nitrogens with zero attached hydrogens (tertiary/aromatic N) is 1. The van der Waals surface area contributed by atoms with Crippen LogP contribution < -0.4 is 5.32 Å². The monoisotopic (exact) mass is 400 g/mol. The maximum absolute atomic E-state index is 12.7. The highest BCUT2D eigenvalue weighted by Gasteiger charge is 2.18. The Morgan fingerprint density at radius 2 is 2.04 bits per heavy atom. The van der Waals surface area contributed by atoms with Crippen LogP contribution in [0, 0.1) is 13.8 Å². The lowest BCUT2D eigenvalue weighted by Crippen LogP contribution is -2.27. The molecule has 0 radical (unpaired) electrons. The van der Waals surface area contributed by atoms with Crippen LogP contribution in [-0.4, -0.2) is 10.5 Å². The fraction of sp³-hybridized carbons (Fsp3) is 0.250. The second kappa shape index (κ2) is 7.31. The van der Waals surface area contributed by atoms with Gasteiger partial charge in [0, 0.05) is 15.9 Å². The van der Waals surface area contributed by atoms with Gasteiger partial charge in [0.2, 0.25) is 0 Å². The molecular formula is C20H21BrN2O2. The summed E-state index contributed by atoms with van der Waals surface area (Å²) in [4.78, 5) is 12.7. The van der Waals surface area contributed by atoms with E-state index >= 15 is 0 Å². The molecule has 0 unspecified atom stereocenters. The van der Waals surface area contributed by atoms with Gasteiger partial charge in [-0.25, -0.2) is 0 Å². The van der Waals surface area contributed by atoms with E-state index in [0.717, 1.165) is 27.2 Å². The van der Waals surface area contributed by atoms with Crippen LogP contribution in [0.4, 0.5) is 0 Å². The van der Waals surface area contributed by atoms with E-state index in [2.05, 4.69) is 25.8 Å². The molecule has 1 atom stereocenters. The Bertz CT molecular complexity index is 881. The lowest BCUT2D eigenvalue weighted by molar-refractivity contribution is 0.0939. The normalized spacial score (nSPS) is 12.2. The van der Waals surface area contributed by atoms with Gasteiger partial charge in [0.05, 0.1) is 24.4 Å². The minimum atomic E-state index is -0.0712. The lowest BCUT2D eigenvalue weighted by atomic mass is 10.1. The lowest BCUT2D eigenvalue weighted by Gasteiger charge is -2.15. The average Bonchev–Trinajstić information content (AvgIpc) is 3.18. The zero-order valence-electron chi connectivity index (χ0n) is 14.5. The summed E-state index contributed by atoms with van der Waals surface area (Å²) in [5.74, 6) is 0.808. The summed E-state index contributed by atoms with van der Waals surface area (Å²) in [6.07, 6.45) is 1.66. The third kappa shape index (κ3) is 3.87. The predicted molar refractivity (Wildman–Crippen MR) is 102 cm³/mol. The molecule has 2 heterocycles. The van der Waals surface area contributed by atoms with E-state index in [-0.39, 0.29) is 11.9 Å². The first kappa shape index (κ1) is 17.5. The van der Waals surface area contributed by atoms with E-state index < -0.39 is 0 Å². The van der Waals surface area contributed by atoms with Gasteiger partial charge in [-0.1, -0.05) is 28.1 Å². The van der Waals surface area contributed by atoms with Crippen molar-refractivity contribution in [1.29, 1.82) is 0 Å². The van der Waals surface area contributed by atoms with E-state index in [0.29, 0.717) is 12.1 Å². The standard InChI is InChI=1S/C20H21BrN2O2/c1-13-10-19(15(3)23(13)12-18-8-5-9-25-18)20(24)22-14(2)16-6-4-7-17(21)11-16/h4-11,14H,12H2,1-3H3,(H,22,24)/t14-/m0/s1. The first-order chi connectivity index (χ1) is 12.0. The van der Waals surface area contributed by atoms with Crippen molar-refractivity contribution in [2.45, 2.75) is 33.4 Å². The van der Waals surface area contributed by atoms with Crippen LogP contribution >= 0.6 is 15.9 Å². The number of nitrogens with one attached hydrogen (secondary N) is 1. The second-order valence-electron chi connectivity index (χ2n) is 6.20. The van der Waals surface area contributed by atoms with Gasteiger partial charge in [0.1, 0.15) is 5.76 Å². The van der Waals surface area contributed by atoms with Crippen molar-refractivity contribution in [2.24, 2.45) is 0 Å². The van der Waals surface area contributed by atoms with Crippen molar-refractivity contribution < 1.29 is 9.21 Å². The molecule has 0 saturated carbocycles. The molecular weight excluding hydrogens is 380 g/mol. The Labute approximate surface area is 156 Å². The molecule has 1 N–H and O–H groups in total. The topological polar surface area (TPSA) is 47.2 Å². The van der Waals surface area contributed by atoms with Crippen LogP contribution in [0.1, 0.15) is 46.0 Å². The van der Waals surface area contributed by atoms with Crippen LogP contribution in [-0.2, 0) is 6.54 Å². The highest BCUT2D eigenvalue weighted by atomic mass is 79.9. The van der Waals surface area contributed by atoms with Crippen LogP contribution in [0.25, 0.3) is 0 Å². The summed E-state index contributed by atoms with van der Waals surface area (Å²) in [7, 11) is 0. The molecule has 1 amide bonds. The van der Waals surface area contributed by atoms with E-state index in [1.54, 1.807) is 6.26 Å². The molecule has 25 heavy (non-hydrogen) atoms. The first-order valence-corrected chi connectivity index (χ1v) is 9.00. The molecule has 4 nitrogen and oxygen atoms in total. The Hall–Kier alpha value is -2.27. The quantitative estimate of drug-likeness (QED) is 0.654. The second-order valence-corrected chi connectivity index (χ2v) is 7.12. The molecule has 0 aliphatic carbocycles. The molecule has 2 aromatic heterocycles. The van der Waals surface area contributed by atoms with Crippen molar-refractivity contribution >= 4 is 21.8 Å². The number of aryl methyl sites for hydroxylation is 1. The number of hydrogen-bond donors (Lipinski definition) is 1. The van der Waals surface area contributed by atoms with Crippen molar-refractivity contribution in [3.05, 3.63) is 81.5 Å². The maximum Gasteiger partial charge on any atom is 0.253 e. The number of halogens is 1. The van der Waals surface area contributed by atoms with Gasteiger partial charge in [-0.15, -0.1) is 0 Å². The van der Waals surface area contributed by atoms with Crippen molar-refractivity contribution in [2.75, 3.05) is 0 Å². The van der Waals surface area contributed by atoms with Gasteiger partial charge >= 0.3 is 0 Å². The minimum absolute atomic E-state index is 0.0636.